The summed E-state index contributed by atoms with van der Waals surface area (Å²) in [6.45, 7) is 9.77. The van der Waals surface area contributed by atoms with Crippen LogP contribution in [0.1, 0.15) is 59.7 Å². The Labute approximate surface area is 205 Å². The van der Waals surface area contributed by atoms with Crippen molar-refractivity contribution in [2.45, 2.75) is 32.6 Å². The van der Waals surface area contributed by atoms with Crippen molar-refractivity contribution in [2.75, 3.05) is 11.9 Å². The van der Waals surface area contributed by atoms with Crippen molar-refractivity contribution in [3.8, 4) is 0 Å². The number of carboxylic acid groups (broad SMARTS) is 2. The van der Waals surface area contributed by atoms with E-state index in [-0.39, 0.29) is 5.78 Å². The largest absolute Gasteiger partial charge is 0.481 e. The molecule has 3 N–H and O–H groups in total. The quantitative estimate of drug-likeness (QED) is 0.261. The minimum atomic E-state index is -0.899. The zero-order valence-corrected chi connectivity index (χ0v) is 20.2. The Hall–Kier alpha value is -4.19. The maximum atomic E-state index is 12.2. The summed E-state index contributed by atoms with van der Waals surface area (Å²) in [5.41, 5.74) is 4.59. The molecule has 0 aliphatic heterocycles. The third-order valence-electron chi connectivity index (χ3n) is 5.43. The van der Waals surface area contributed by atoms with Crippen LogP contribution in [-0.4, -0.2) is 34.5 Å². The van der Waals surface area contributed by atoms with Crippen LogP contribution in [0, 0.1) is 0 Å². The number of benzene rings is 3. The van der Waals surface area contributed by atoms with Gasteiger partial charge < -0.3 is 15.5 Å². The van der Waals surface area contributed by atoms with E-state index in [4.69, 9.17) is 10.2 Å². The first-order chi connectivity index (χ1) is 16.6. The number of nitrogens with one attached hydrogen (secondary N) is 1. The highest BCUT2D eigenvalue weighted by molar-refractivity contribution is 6.09. The number of anilines is 1. The van der Waals surface area contributed by atoms with E-state index >= 15 is 0 Å². The Morgan fingerprint density at radius 2 is 1.31 bits per heavy atom. The Bertz CT molecular complexity index is 1170. The summed E-state index contributed by atoms with van der Waals surface area (Å²) >= 11 is 0. The molecule has 3 aromatic rings. The number of hydrogen-bond acceptors (Lipinski definition) is 4. The number of hydrogen-bond donors (Lipinski definition) is 3. The second-order valence-electron chi connectivity index (χ2n) is 8.37. The maximum absolute atomic E-state index is 12.2. The van der Waals surface area contributed by atoms with Crippen LogP contribution >= 0.6 is 0 Å². The molecule has 35 heavy (non-hydrogen) atoms. The van der Waals surface area contributed by atoms with Gasteiger partial charge in [0.2, 0.25) is 0 Å². The highest BCUT2D eigenvalue weighted by atomic mass is 16.4. The van der Waals surface area contributed by atoms with E-state index in [0.717, 1.165) is 23.4 Å². The highest BCUT2D eigenvalue weighted by Crippen LogP contribution is 2.19. The van der Waals surface area contributed by atoms with Crippen molar-refractivity contribution in [1.29, 1.82) is 0 Å². The fraction of sp³-hybridized carbons (Fsp3) is 0.207. The van der Waals surface area contributed by atoms with Crippen LogP contribution < -0.4 is 5.32 Å². The highest BCUT2D eigenvalue weighted by Gasteiger charge is 2.16. The van der Waals surface area contributed by atoms with Gasteiger partial charge in [0.1, 0.15) is 0 Å². The fourth-order valence-electron chi connectivity index (χ4n) is 3.13. The molecule has 182 valence electrons. The van der Waals surface area contributed by atoms with E-state index < -0.39 is 23.8 Å². The summed E-state index contributed by atoms with van der Waals surface area (Å²) in [4.78, 5) is 34.0. The summed E-state index contributed by atoms with van der Waals surface area (Å²) in [5.74, 6) is -2.88. The SMILES string of the molecule is C=C(C)CNc1ccc(C(C)C(=O)O)cc1.C[C@H](C(=O)O)c1cccc(C(=O)c2ccccc2)c1. The molecule has 0 radical (unpaired) electrons. The summed E-state index contributed by atoms with van der Waals surface area (Å²) in [7, 11) is 0. The third-order valence-corrected chi connectivity index (χ3v) is 5.43. The van der Waals surface area contributed by atoms with Gasteiger partial charge in [0, 0.05) is 23.4 Å². The monoisotopic (exact) mass is 473 g/mol. The van der Waals surface area contributed by atoms with Crippen LogP contribution in [0.2, 0.25) is 0 Å². The molecule has 0 saturated carbocycles. The van der Waals surface area contributed by atoms with Crippen LogP contribution in [0.5, 0.6) is 0 Å². The van der Waals surface area contributed by atoms with Crippen LogP contribution in [0.4, 0.5) is 5.69 Å². The predicted octanol–water partition coefficient (Wildman–Crippen LogP) is 5.97. The zero-order valence-electron chi connectivity index (χ0n) is 20.2. The lowest BCUT2D eigenvalue weighted by Gasteiger charge is -2.09. The number of ketones is 1. The molecule has 0 aliphatic rings. The van der Waals surface area contributed by atoms with Gasteiger partial charge in [0.15, 0.2) is 5.78 Å². The second-order valence-corrected chi connectivity index (χ2v) is 8.37. The van der Waals surface area contributed by atoms with Crippen molar-refractivity contribution in [2.24, 2.45) is 0 Å². The van der Waals surface area contributed by atoms with Gasteiger partial charge in [-0.15, -0.1) is 0 Å². The number of carbonyl (C=O) groups is 3. The molecule has 0 spiro atoms. The third kappa shape index (κ3) is 8.27. The minimum absolute atomic E-state index is 0.0972. The topological polar surface area (TPSA) is 104 Å². The van der Waals surface area contributed by atoms with Crippen molar-refractivity contribution in [1.82, 2.24) is 0 Å². The Balaban J connectivity index is 0.000000251. The number of aliphatic carboxylic acids is 2. The van der Waals surface area contributed by atoms with E-state index in [1.165, 1.54) is 0 Å². The predicted molar refractivity (Wildman–Crippen MR) is 138 cm³/mol. The van der Waals surface area contributed by atoms with Gasteiger partial charge in [-0.2, -0.15) is 0 Å². The van der Waals surface area contributed by atoms with Crippen LogP contribution in [-0.2, 0) is 9.59 Å². The molecule has 1 unspecified atom stereocenters. The van der Waals surface area contributed by atoms with Gasteiger partial charge in [-0.05, 0) is 50.1 Å². The van der Waals surface area contributed by atoms with E-state index in [1.54, 1.807) is 62.4 Å². The van der Waals surface area contributed by atoms with E-state index in [2.05, 4.69) is 11.9 Å². The maximum Gasteiger partial charge on any atom is 0.310 e. The summed E-state index contributed by atoms with van der Waals surface area (Å²) < 4.78 is 0. The van der Waals surface area contributed by atoms with Gasteiger partial charge >= 0.3 is 11.9 Å². The van der Waals surface area contributed by atoms with E-state index in [1.807, 2.05) is 37.3 Å². The van der Waals surface area contributed by atoms with E-state index in [0.29, 0.717) is 16.7 Å². The minimum Gasteiger partial charge on any atom is -0.481 e. The molecule has 0 amide bonds. The molecule has 0 saturated heterocycles. The number of carbonyl (C=O) groups excluding carboxylic acids is 1. The molecule has 3 aromatic carbocycles. The first kappa shape index (κ1) is 27.1. The molecule has 6 nitrogen and oxygen atoms in total. The van der Waals surface area contributed by atoms with Crippen molar-refractivity contribution in [3.63, 3.8) is 0 Å². The van der Waals surface area contributed by atoms with Crippen LogP contribution in [0.3, 0.4) is 0 Å². The van der Waals surface area contributed by atoms with Crippen molar-refractivity contribution < 1.29 is 24.6 Å². The average Bonchev–Trinajstić information content (AvgIpc) is 2.87. The molecule has 0 aromatic heterocycles. The van der Waals surface area contributed by atoms with Crippen LogP contribution in [0.25, 0.3) is 0 Å². The van der Waals surface area contributed by atoms with E-state index in [9.17, 15) is 14.4 Å². The molecule has 0 bridgehead atoms. The molecular weight excluding hydrogens is 442 g/mol. The van der Waals surface area contributed by atoms with Gasteiger partial charge in [-0.3, -0.25) is 14.4 Å². The molecular formula is C29H31NO5. The molecule has 0 fully saturated rings. The smallest absolute Gasteiger partial charge is 0.310 e. The second kappa shape index (κ2) is 12.9. The standard InChI is InChI=1S/C16H14O3.C13H17NO2/c1-11(16(18)19)13-8-5-9-14(10-13)15(17)12-6-3-2-4-7-12;1-9(2)8-14-12-6-4-11(5-7-12)10(3)13(15)16/h2-11H,1H3,(H,18,19);4-7,10,14H,1,8H2,2-3H3,(H,15,16)/t11-;/m0./s1. The van der Waals surface area contributed by atoms with Crippen molar-refractivity contribution in [3.05, 3.63) is 113 Å². The Kier molecular flexibility index (Phi) is 9.97. The molecule has 0 heterocycles. The van der Waals surface area contributed by atoms with Gasteiger partial charge in [-0.25, -0.2) is 0 Å². The normalized spacial score (nSPS) is 11.9. The molecule has 0 aliphatic carbocycles. The Morgan fingerprint density at radius 3 is 1.86 bits per heavy atom. The lowest BCUT2D eigenvalue weighted by atomic mass is 9.96. The number of rotatable bonds is 9. The first-order valence-electron chi connectivity index (χ1n) is 11.2. The van der Waals surface area contributed by atoms with Crippen molar-refractivity contribution >= 4 is 23.4 Å². The van der Waals surface area contributed by atoms with Gasteiger partial charge in [0.05, 0.1) is 11.8 Å². The average molecular weight is 474 g/mol. The Morgan fingerprint density at radius 1 is 0.771 bits per heavy atom. The lowest BCUT2D eigenvalue weighted by Crippen LogP contribution is -2.09. The van der Waals surface area contributed by atoms with Gasteiger partial charge in [0.25, 0.3) is 0 Å². The fourth-order valence-corrected chi connectivity index (χ4v) is 3.13. The summed E-state index contributed by atoms with van der Waals surface area (Å²) in [6.07, 6.45) is 0. The zero-order chi connectivity index (χ0) is 26.0. The molecule has 2 atom stereocenters. The van der Waals surface area contributed by atoms with Gasteiger partial charge in [-0.1, -0.05) is 72.8 Å². The summed E-state index contributed by atoms with van der Waals surface area (Å²) in [6, 6.07) is 23.2. The molecule has 3 rings (SSSR count). The summed E-state index contributed by atoms with van der Waals surface area (Å²) in [5, 5.41) is 21.0. The lowest BCUT2D eigenvalue weighted by molar-refractivity contribution is -0.139. The van der Waals surface area contributed by atoms with Crippen LogP contribution in [0.15, 0.2) is 91.0 Å². The molecule has 6 heteroatoms. The number of carboxylic acids is 2. The first-order valence-corrected chi connectivity index (χ1v) is 11.2.